The van der Waals surface area contributed by atoms with Crippen LogP contribution in [0.2, 0.25) is 0 Å². The van der Waals surface area contributed by atoms with Gasteiger partial charge in [-0.2, -0.15) is 0 Å². The SMILES string of the molecule is CCCNC1CCN(c2cccc(SC)c2)C1=O. The van der Waals surface area contributed by atoms with Crippen LogP contribution in [0.15, 0.2) is 29.2 Å². The van der Waals surface area contributed by atoms with Gasteiger partial charge in [0.25, 0.3) is 0 Å². The van der Waals surface area contributed by atoms with Crippen LogP contribution in [0.5, 0.6) is 0 Å². The van der Waals surface area contributed by atoms with E-state index in [1.54, 1.807) is 11.8 Å². The summed E-state index contributed by atoms with van der Waals surface area (Å²) in [5, 5.41) is 3.31. The van der Waals surface area contributed by atoms with Crippen LogP contribution in [0.25, 0.3) is 0 Å². The molecule has 0 saturated carbocycles. The molecule has 0 bridgehead atoms. The third kappa shape index (κ3) is 2.87. The molecule has 1 amide bonds. The smallest absolute Gasteiger partial charge is 0.244 e. The summed E-state index contributed by atoms with van der Waals surface area (Å²) >= 11 is 1.70. The first-order valence-electron chi connectivity index (χ1n) is 6.45. The standard InChI is InChI=1S/C14H20N2OS/c1-3-8-15-13-7-9-16(14(13)17)11-5-4-6-12(10-11)18-2/h4-6,10,13,15H,3,7-9H2,1-2H3. The van der Waals surface area contributed by atoms with Crippen LogP contribution in [0.4, 0.5) is 5.69 Å². The average Bonchev–Trinajstić information content (AvgIpc) is 2.78. The summed E-state index contributed by atoms with van der Waals surface area (Å²) in [5.74, 6) is 0.210. The Morgan fingerprint density at radius 3 is 3.06 bits per heavy atom. The Bertz CT molecular complexity index is 422. The Kier molecular flexibility index (Phi) is 4.66. The van der Waals surface area contributed by atoms with Gasteiger partial charge in [-0.3, -0.25) is 4.79 Å². The van der Waals surface area contributed by atoms with Crippen LogP contribution in [0.1, 0.15) is 19.8 Å². The molecule has 3 nitrogen and oxygen atoms in total. The highest BCUT2D eigenvalue weighted by Gasteiger charge is 2.31. The Hall–Kier alpha value is -1.00. The van der Waals surface area contributed by atoms with Gasteiger partial charge in [-0.1, -0.05) is 13.0 Å². The van der Waals surface area contributed by atoms with Crippen molar-refractivity contribution in [2.24, 2.45) is 0 Å². The van der Waals surface area contributed by atoms with E-state index in [1.165, 1.54) is 4.90 Å². The first-order chi connectivity index (χ1) is 8.76. The third-order valence-electron chi connectivity index (χ3n) is 3.21. The van der Waals surface area contributed by atoms with E-state index in [4.69, 9.17) is 0 Å². The Balaban J connectivity index is 2.08. The Morgan fingerprint density at radius 2 is 2.33 bits per heavy atom. The zero-order valence-electron chi connectivity index (χ0n) is 11.0. The van der Waals surface area contributed by atoms with E-state index in [1.807, 2.05) is 17.0 Å². The fourth-order valence-corrected chi connectivity index (χ4v) is 2.68. The summed E-state index contributed by atoms with van der Waals surface area (Å²) in [4.78, 5) is 15.4. The van der Waals surface area contributed by atoms with Crippen LogP contribution in [0.3, 0.4) is 0 Å². The largest absolute Gasteiger partial charge is 0.311 e. The molecule has 0 aliphatic carbocycles. The van der Waals surface area contributed by atoms with Gasteiger partial charge in [0, 0.05) is 17.1 Å². The van der Waals surface area contributed by atoms with Crippen molar-refractivity contribution in [3.63, 3.8) is 0 Å². The highest BCUT2D eigenvalue weighted by molar-refractivity contribution is 7.98. The molecule has 18 heavy (non-hydrogen) atoms. The van der Waals surface area contributed by atoms with Gasteiger partial charge in [-0.25, -0.2) is 0 Å². The first kappa shape index (κ1) is 13.4. The highest BCUT2D eigenvalue weighted by atomic mass is 32.2. The number of hydrogen-bond acceptors (Lipinski definition) is 3. The molecule has 1 aliphatic rings. The van der Waals surface area contributed by atoms with Crippen LogP contribution in [0, 0.1) is 0 Å². The van der Waals surface area contributed by atoms with Crippen LogP contribution in [-0.4, -0.2) is 31.3 Å². The van der Waals surface area contributed by atoms with E-state index >= 15 is 0 Å². The van der Waals surface area contributed by atoms with Gasteiger partial charge in [0.05, 0.1) is 6.04 Å². The molecule has 0 aromatic heterocycles. The molecular weight excluding hydrogens is 244 g/mol. The van der Waals surface area contributed by atoms with Crippen LogP contribution < -0.4 is 10.2 Å². The van der Waals surface area contributed by atoms with Crippen LogP contribution >= 0.6 is 11.8 Å². The normalized spacial score (nSPS) is 19.6. The minimum Gasteiger partial charge on any atom is -0.311 e. The number of anilines is 1. The minimum atomic E-state index is 0.00267. The lowest BCUT2D eigenvalue weighted by Gasteiger charge is -2.17. The van der Waals surface area contributed by atoms with Crippen molar-refractivity contribution in [2.75, 3.05) is 24.2 Å². The molecule has 4 heteroatoms. The van der Waals surface area contributed by atoms with Crippen molar-refractivity contribution in [1.29, 1.82) is 0 Å². The van der Waals surface area contributed by atoms with Crippen molar-refractivity contribution in [2.45, 2.75) is 30.7 Å². The summed E-state index contributed by atoms with van der Waals surface area (Å²) in [6, 6.07) is 8.19. The molecule has 98 valence electrons. The van der Waals surface area contributed by atoms with Crippen LogP contribution in [-0.2, 0) is 4.79 Å². The summed E-state index contributed by atoms with van der Waals surface area (Å²) in [7, 11) is 0. The lowest BCUT2D eigenvalue weighted by atomic mass is 10.2. The number of carbonyl (C=O) groups excluding carboxylic acids is 1. The molecule has 1 fully saturated rings. The van der Waals surface area contributed by atoms with Gasteiger partial charge >= 0.3 is 0 Å². The van der Waals surface area contributed by atoms with E-state index in [0.717, 1.165) is 31.6 Å². The molecule has 2 rings (SSSR count). The molecule has 1 atom stereocenters. The number of amides is 1. The Labute approximate surface area is 113 Å². The van der Waals surface area contributed by atoms with Gasteiger partial charge in [-0.05, 0) is 43.8 Å². The predicted octanol–water partition coefficient (Wildman–Crippen LogP) is 2.51. The van der Waals surface area contributed by atoms with E-state index in [9.17, 15) is 4.79 Å². The second-order valence-electron chi connectivity index (χ2n) is 4.49. The number of nitrogens with zero attached hydrogens (tertiary/aromatic N) is 1. The minimum absolute atomic E-state index is 0.00267. The summed E-state index contributed by atoms with van der Waals surface area (Å²) in [5.41, 5.74) is 1.02. The molecule has 1 N–H and O–H groups in total. The maximum atomic E-state index is 12.3. The quantitative estimate of drug-likeness (QED) is 0.829. The second-order valence-corrected chi connectivity index (χ2v) is 5.37. The monoisotopic (exact) mass is 264 g/mol. The number of benzene rings is 1. The fourth-order valence-electron chi connectivity index (χ4n) is 2.22. The fraction of sp³-hybridized carbons (Fsp3) is 0.500. The molecule has 1 aromatic carbocycles. The lowest BCUT2D eigenvalue weighted by molar-refractivity contribution is -0.118. The first-order valence-corrected chi connectivity index (χ1v) is 7.67. The predicted molar refractivity (Wildman–Crippen MR) is 77.3 cm³/mol. The maximum Gasteiger partial charge on any atom is 0.244 e. The third-order valence-corrected chi connectivity index (χ3v) is 3.94. The van der Waals surface area contributed by atoms with Gasteiger partial charge < -0.3 is 10.2 Å². The van der Waals surface area contributed by atoms with Gasteiger partial charge in [-0.15, -0.1) is 11.8 Å². The van der Waals surface area contributed by atoms with Crippen molar-refractivity contribution < 1.29 is 4.79 Å². The zero-order valence-corrected chi connectivity index (χ0v) is 11.8. The van der Waals surface area contributed by atoms with Crippen molar-refractivity contribution >= 4 is 23.4 Å². The number of carbonyl (C=O) groups is 1. The Morgan fingerprint density at radius 1 is 1.50 bits per heavy atom. The van der Waals surface area contributed by atoms with Gasteiger partial charge in [0.2, 0.25) is 5.91 Å². The van der Waals surface area contributed by atoms with Crippen molar-refractivity contribution in [3.05, 3.63) is 24.3 Å². The summed E-state index contributed by atoms with van der Waals surface area (Å²) in [6.45, 7) is 3.85. The molecular formula is C14H20N2OS. The van der Waals surface area contributed by atoms with Crippen molar-refractivity contribution in [3.8, 4) is 0 Å². The van der Waals surface area contributed by atoms with E-state index in [-0.39, 0.29) is 11.9 Å². The number of hydrogen-bond donors (Lipinski definition) is 1. The van der Waals surface area contributed by atoms with E-state index in [0.29, 0.717) is 0 Å². The van der Waals surface area contributed by atoms with Gasteiger partial charge in [0.15, 0.2) is 0 Å². The molecule has 1 unspecified atom stereocenters. The number of thioether (sulfide) groups is 1. The molecule has 0 spiro atoms. The molecule has 0 radical (unpaired) electrons. The second kappa shape index (κ2) is 6.25. The maximum absolute atomic E-state index is 12.3. The summed E-state index contributed by atoms with van der Waals surface area (Å²) in [6.07, 6.45) is 4.02. The molecule has 1 aromatic rings. The topological polar surface area (TPSA) is 32.3 Å². The molecule has 1 aliphatic heterocycles. The lowest BCUT2D eigenvalue weighted by Crippen LogP contribution is -2.38. The summed E-state index contributed by atoms with van der Waals surface area (Å²) < 4.78 is 0. The molecule has 1 saturated heterocycles. The highest BCUT2D eigenvalue weighted by Crippen LogP contribution is 2.25. The molecule has 1 heterocycles. The average molecular weight is 264 g/mol. The van der Waals surface area contributed by atoms with E-state index < -0.39 is 0 Å². The van der Waals surface area contributed by atoms with E-state index in [2.05, 4.69) is 30.6 Å². The zero-order chi connectivity index (χ0) is 13.0. The van der Waals surface area contributed by atoms with Crippen molar-refractivity contribution in [1.82, 2.24) is 5.32 Å². The van der Waals surface area contributed by atoms with Gasteiger partial charge in [0.1, 0.15) is 0 Å². The number of rotatable bonds is 5. The number of nitrogens with one attached hydrogen (secondary N) is 1.